The van der Waals surface area contributed by atoms with Crippen LogP contribution in [0.1, 0.15) is 18.9 Å². The zero-order chi connectivity index (χ0) is 13.0. The van der Waals surface area contributed by atoms with Crippen molar-refractivity contribution in [2.75, 3.05) is 6.61 Å². The van der Waals surface area contributed by atoms with E-state index in [9.17, 15) is 5.11 Å². The molecule has 0 fully saturated rings. The summed E-state index contributed by atoms with van der Waals surface area (Å²) >= 11 is 6.14. The number of aliphatic hydroxyl groups is 1. The topological polar surface area (TPSA) is 47.3 Å². The molecule has 0 amide bonds. The maximum atomic E-state index is 9.32. The molecule has 96 valence electrons. The highest BCUT2D eigenvalue weighted by Gasteiger charge is 2.10. The van der Waals surface area contributed by atoms with Gasteiger partial charge in [-0.2, -0.15) is 5.10 Å². The number of para-hydroxylation sites is 1. The summed E-state index contributed by atoms with van der Waals surface area (Å²) in [7, 11) is 0. The van der Waals surface area contributed by atoms with Crippen molar-refractivity contribution in [1.29, 1.82) is 0 Å². The molecule has 0 saturated carbocycles. The molecule has 0 aliphatic rings. The van der Waals surface area contributed by atoms with Crippen molar-refractivity contribution in [1.82, 2.24) is 9.78 Å². The monoisotopic (exact) mass is 266 g/mol. The summed E-state index contributed by atoms with van der Waals surface area (Å²) in [5.74, 6) is 0.695. The van der Waals surface area contributed by atoms with Gasteiger partial charge in [0.1, 0.15) is 0 Å². The van der Waals surface area contributed by atoms with Gasteiger partial charge in [-0.15, -0.1) is 0 Å². The fourth-order valence-electron chi connectivity index (χ4n) is 1.67. The molecule has 5 heteroatoms. The predicted molar refractivity (Wildman–Crippen MR) is 70.3 cm³/mol. The van der Waals surface area contributed by atoms with Gasteiger partial charge in [-0.3, -0.25) is 0 Å². The van der Waals surface area contributed by atoms with Crippen LogP contribution in [0.5, 0.6) is 5.75 Å². The van der Waals surface area contributed by atoms with E-state index in [2.05, 4.69) is 5.10 Å². The second-order valence-electron chi connectivity index (χ2n) is 3.87. The van der Waals surface area contributed by atoms with Gasteiger partial charge in [0.05, 0.1) is 36.3 Å². The van der Waals surface area contributed by atoms with Gasteiger partial charge >= 0.3 is 0 Å². The first-order valence-electron chi connectivity index (χ1n) is 5.82. The number of hydrogen-bond acceptors (Lipinski definition) is 3. The third-order valence-electron chi connectivity index (χ3n) is 2.50. The Balaban J connectivity index is 2.33. The maximum Gasteiger partial charge on any atom is 0.157 e. The molecular weight excluding hydrogens is 252 g/mol. The number of nitrogens with zero attached hydrogens (tertiary/aromatic N) is 2. The molecule has 0 bridgehead atoms. The summed E-state index contributed by atoms with van der Waals surface area (Å²) in [4.78, 5) is 0. The summed E-state index contributed by atoms with van der Waals surface area (Å²) in [6, 6.07) is 5.38. The van der Waals surface area contributed by atoms with E-state index in [1.807, 2.05) is 13.0 Å². The average molecular weight is 267 g/mol. The minimum atomic E-state index is -0.0824. The lowest BCUT2D eigenvalue weighted by molar-refractivity contribution is 0.281. The first-order valence-corrected chi connectivity index (χ1v) is 6.20. The first kappa shape index (κ1) is 12.9. The first-order chi connectivity index (χ1) is 8.76. The predicted octanol–water partition coefficient (Wildman–Crippen LogP) is 2.81. The van der Waals surface area contributed by atoms with E-state index in [0.717, 1.165) is 12.0 Å². The van der Waals surface area contributed by atoms with Gasteiger partial charge < -0.3 is 9.84 Å². The quantitative estimate of drug-likeness (QED) is 0.905. The molecule has 18 heavy (non-hydrogen) atoms. The fraction of sp³-hybridized carbons (Fsp3) is 0.308. The summed E-state index contributed by atoms with van der Waals surface area (Å²) in [6.45, 7) is 2.62. The highest BCUT2D eigenvalue weighted by molar-refractivity contribution is 6.32. The minimum Gasteiger partial charge on any atom is -0.490 e. The molecule has 0 saturated heterocycles. The van der Waals surface area contributed by atoms with Gasteiger partial charge in [-0.05, 0) is 12.5 Å². The molecular formula is C13H15ClN2O2. The molecule has 0 radical (unpaired) electrons. The van der Waals surface area contributed by atoms with Crippen molar-refractivity contribution in [3.8, 4) is 11.4 Å². The van der Waals surface area contributed by atoms with Gasteiger partial charge in [0.2, 0.25) is 0 Å². The molecule has 0 aliphatic carbocycles. The van der Waals surface area contributed by atoms with Gasteiger partial charge in [-0.1, -0.05) is 30.7 Å². The molecule has 0 aliphatic heterocycles. The molecule has 4 nitrogen and oxygen atoms in total. The van der Waals surface area contributed by atoms with Crippen LogP contribution < -0.4 is 4.74 Å². The van der Waals surface area contributed by atoms with Crippen LogP contribution in [0.3, 0.4) is 0 Å². The Morgan fingerprint density at radius 3 is 3.00 bits per heavy atom. The van der Waals surface area contributed by atoms with Gasteiger partial charge in [-0.25, -0.2) is 4.68 Å². The normalized spacial score (nSPS) is 10.6. The molecule has 1 aromatic heterocycles. The third-order valence-corrected chi connectivity index (χ3v) is 2.81. The van der Waals surface area contributed by atoms with E-state index in [4.69, 9.17) is 16.3 Å². The number of hydrogen-bond donors (Lipinski definition) is 1. The van der Waals surface area contributed by atoms with E-state index < -0.39 is 0 Å². The Bertz CT molecular complexity index is 525. The van der Waals surface area contributed by atoms with Crippen molar-refractivity contribution in [2.24, 2.45) is 0 Å². The minimum absolute atomic E-state index is 0.0824. The zero-order valence-corrected chi connectivity index (χ0v) is 10.9. The third kappa shape index (κ3) is 2.66. The molecule has 0 unspecified atom stereocenters. The van der Waals surface area contributed by atoms with Gasteiger partial charge in [0.15, 0.2) is 5.75 Å². The van der Waals surface area contributed by atoms with Crippen molar-refractivity contribution in [2.45, 2.75) is 20.0 Å². The molecule has 2 rings (SSSR count). The van der Waals surface area contributed by atoms with E-state index in [1.54, 1.807) is 29.2 Å². The van der Waals surface area contributed by atoms with Crippen LogP contribution in [-0.2, 0) is 6.61 Å². The maximum absolute atomic E-state index is 9.32. The SMILES string of the molecule is CCCOc1cnn(-c2c(Cl)cccc2CO)c1. The Kier molecular flexibility index (Phi) is 4.23. The second-order valence-corrected chi connectivity index (χ2v) is 4.28. The van der Waals surface area contributed by atoms with Crippen molar-refractivity contribution in [3.05, 3.63) is 41.2 Å². The summed E-state index contributed by atoms with van der Waals surface area (Å²) in [5.41, 5.74) is 1.42. The Hall–Kier alpha value is -1.52. The van der Waals surface area contributed by atoms with E-state index in [1.165, 1.54) is 0 Å². The van der Waals surface area contributed by atoms with E-state index >= 15 is 0 Å². The number of aliphatic hydroxyl groups excluding tert-OH is 1. The Morgan fingerprint density at radius 2 is 2.28 bits per heavy atom. The van der Waals surface area contributed by atoms with Crippen LogP contribution in [0.2, 0.25) is 5.02 Å². The molecule has 1 N–H and O–H groups in total. The van der Waals surface area contributed by atoms with Crippen LogP contribution in [0, 0.1) is 0 Å². The van der Waals surface area contributed by atoms with Crippen LogP contribution in [0.15, 0.2) is 30.6 Å². The highest BCUT2D eigenvalue weighted by atomic mass is 35.5. The lowest BCUT2D eigenvalue weighted by Gasteiger charge is -2.09. The smallest absolute Gasteiger partial charge is 0.157 e. The summed E-state index contributed by atoms with van der Waals surface area (Å²) < 4.78 is 7.11. The van der Waals surface area contributed by atoms with Crippen molar-refractivity contribution in [3.63, 3.8) is 0 Å². The number of aromatic nitrogens is 2. The fourth-order valence-corrected chi connectivity index (χ4v) is 1.95. The molecule has 0 spiro atoms. The number of rotatable bonds is 5. The van der Waals surface area contributed by atoms with Crippen LogP contribution >= 0.6 is 11.6 Å². The molecule has 0 atom stereocenters. The molecule has 1 heterocycles. The number of halogens is 1. The lowest BCUT2D eigenvalue weighted by Crippen LogP contribution is -2.01. The molecule has 2 aromatic rings. The Morgan fingerprint density at radius 1 is 1.44 bits per heavy atom. The standard InChI is InChI=1S/C13H15ClN2O2/c1-2-6-18-11-7-15-16(8-11)13-10(9-17)4-3-5-12(13)14/h3-5,7-8,17H,2,6,9H2,1H3. The lowest BCUT2D eigenvalue weighted by atomic mass is 10.2. The number of ether oxygens (including phenoxy) is 1. The van der Waals surface area contributed by atoms with Crippen molar-refractivity contribution < 1.29 is 9.84 Å². The van der Waals surface area contributed by atoms with E-state index in [0.29, 0.717) is 23.1 Å². The van der Waals surface area contributed by atoms with Crippen LogP contribution in [0.4, 0.5) is 0 Å². The number of benzene rings is 1. The largest absolute Gasteiger partial charge is 0.490 e. The van der Waals surface area contributed by atoms with Crippen LogP contribution in [-0.4, -0.2) is 21.5 Å². The van der Waals surface area contributed by atoms with Gasteiger partial charge in [0, 0.05) is 5.56 Å². The average Bonchev–Trinajstić information content (AvgIpc) is 2.84. The Labute approximate surface area is 111 Å². The summed E-state index contributed by atoms with van der Waals surface area (Å²) in [6.07, 6.45) is 4.34. The summed E-state index contributed by atoms with van der Waals surface area (Å²) in [5, 5.41) is 14.1. The van der Waals surface area contributed by atoms with Gasteiger partial charge in [0.25, 0.3) is 0 Å². The highest BCUT2D eigenvalue weighted by Crippen LogP contribution is 2.25. The van der Waals surface area contributed by atoms with Crippen molar-refractivity contribution >= 4 is 11.6 Å². The second kappa shape index (κ2) is 5.89. The molecule has 1 aromatic carbocycles. The zero-order valence-electron chi connectivity index (χ0n) is 10.1. The van der Waals surface area contributed by atoms with Crippen LogP contribution in [0.25, 0.3) is 5.69 Å². The van der Waals surface area contributed by atoms with E-state index in [-0.39, 0.29) is 6.61 Å².